The van der Waals surface area contributed by atoms with Crippen molar-refractivity contribution in [1.82, 2.24) is 4.98 Å². The van der Waals surface area contributed by atoms with E-state index in [4.69, 9.17) is 5.14 Å². The van der Waals surface area contributed by atoms with Crippen molar-refractivity contribution in [3.8, 4) is 11.3 Å². The predicted molar refractivity (Wildman–Crippen MR) is 95.3 cm³/mol. The first-order chi connectivity index (χ1) is 11.2. The topological polar surface area (TPSA) is 76.3 Å². The molecule has 7 heteroatoms. The summed E-state index contributed by atoms with van der Waals surface area (Å²) >= 11 is 0. The fourth-order valence-electron chi connectivity index (χ4n) is 2.11. The van der Waals surface area contributed by atoms with E-state index in [0.29, 0.717) is 11.3 Å². The molecule has 0 spiro atoms. The highest BCUT2D eigenvalue weighted by atomic mass is 32.2. The molecule has 2 rings (SSSR count). The number of anilines is 1. The summed E-state index contributed by atoms with van der Waals surface area (Å²) in [5, 5.41) is 5.91. The van der Waals surface area contributed by atoms with Crippen LogP contribution < -0.4 is 10.0 Å². The van der Waals surface area contributed by atoms with Gasteiger partial charge in [0.05, 0.1) is 11.4 Å². The molecule has 2 N–H and O–H groups in total. The van der Waals surface area contributed by atoms with Crippen molar-refractivity contribution in [1.29, 1.82) is 0 Å². The molecule has 0 aliphatic carbocycles. The van der Waals surface area contributed by atoms with Crippen LogP contribution in [0, 0.1) is 5.82 Å². The second kappa shape index (κ2) is 7.11. The molecule has 0 atom stereocenters. The Kier molecular flexibility index (Phi) is 5.36. The largest absolute Gasteiger partial charge is 0.370 e. The SMILES string of the molecule is CC(C)N(C)c1cc(C=CS(N)(=O)=O)cnc1-c1ccc(F)cc1. The lowest BCUT2D eigenvalue weighted by atomic mass is 10.1. The van der Waals surface area contributed by atoms with Gasteiger partial charge in [-0.1, -0.05) is 0 Å². The highest BCUT2D eigenvalue weighted by molar-refractivity contribution is 7.92. The smallest absolute Gasteiger partial charge is 0.231 e. The summed E-state index contributed by atoms with van der Waals surface area (Å²) in [6.07, 6.45) is 2.95. The fourth-order valence-corrected chi connectivity index (χ4v) is 2.46. The summed E-state index contributed by atoms with van der Waals surface area (Å²) in [7, 11) is -1.78. The molecule has 24 heavy (non-hydrogen) atoms. The predicted octanol–water partition coefficient (Wildman–Crippen LogP) is 2.99. The molecule has 0 saturated carbocycles. The number of hydrogen-bond acceptors (Lipinski definition) is 4. The number of sulfonamides is 1. The van der Waals surface area contributed by atoms with E-state index in [-0.39, 0.29) is 11.9 Å². The first-order valence-electron chi connectivity index (χ1n) is 7.37. The number of rotatable bonds is 5. The minimum atomic E-state index is -3.70. The van der Waals surface area contributed by atoms with Crippen LogP contribution >= 0.6 is 0 Å². The molecule has 0 saturated heterocycles. The number of benzene rings is 1. The van der Waals surface area contributed by atoms with Crippen LogP contribution in [0.15, 0.2) is 41.9 Å². The van der Waals surface area contributed by atoms with Gasteiger partial charge in [-0.3, -0.25) is 4.98 Å². The molecule has 5 nitrogen and oxygen atoms in total. The van der Waals surface area contributed by atoms with Crippen molar-refractivity contribution >= 4 is 21.8 Å². The molecule has 0 amide bonds. The van der Waals surface area contributed by atoms with Gasteiger partial charge in [0, 0.05) is 30.3 Å². The number of nitrogens with two attached hydrogens (primary N) is 1. The van der Waals surface area contributed by atoms with Crippen molar-refractivity contribution in [3.05, 3.63) is 53.3 Å². The van der Waals surface area contributed by atoms with E-state index in [0.717, 1.165) is 16.7 Å². The average Bonchev–Trinajstić information content (AvgIpc) is 2.52. The molecule has 0 aliphatic heterocycles. The highest BCUT2D eigenvalue weighted by Gasteiger charge is 2.14. The number of nitrogens with zero attached hydrogens (tertiary/aromatic N) is 2. The molecule has 1 aromatic heterocycles. The Morgan fingerprint density at radius 1 is 1.25 bits per heavy atom. The van der Waals surface area contributed by atoms with Crippen LogP contribution in [0.2, 0.25) is 0 Å². The van der Waals surface area contributed by atoms with Gasteiger partial charge in [0.1, 0.15) is 5.82 Å². The zero-order chi connectivity index (χ0) is 17.9. The Bertz CT molecular complexity index is 847. The molecule has 1 heterocycles. The van der Waals surface area contributed by atoms with Crippen molar-refractivity contribution < 1.29 is 12.8 Å². The van der Waals surface area contributed by atoms with Crippen LogP contribution in [-0.4, -0.2) is 26.5 Å². The maximum atomic E-state index is 13.2. The maximum absolute atomic E-state index is 13.2. The second-order valence-corrected chi connectivity index (χ2v) is 7.19. The summed E-state index contributed by atoms with van der Waals surface area (Å²) in [6, 6.07) is 8.11. The average molecular weight is 349 g/mol. The van der Waals surface area contributed by atoms with Gasteiger partial charge in [-0.25, -0.2) is 17.9 Å². The van der Waals surface area contributed by atoms with Gasteiger partial charge in [0.2, 0.25) is 10.0 Å². The van der Waals surface area contributed by atoms with E-state index in [1.165, 1.54) is 18.2 Å². The number of aromatic nitrogens is 1. The van der Waals surface area contributed by atoms with E-state index in [9.17, 15) is 12.8 Å². The Morgan fingerprint density at radius 2 is 1.88 bits per heavy atom. The van der Waals surface area contributed by atoms with Crippen molar-refractivity contribution in [2.45, 2.75) is 19.9 Å². The van der Waals surface area contributed by atoms with E-state index in [1.807, 2.05) is 31.9 Å². The number of hydrogen-bond donors (Lipinski definition) is 1. The monoisotopic (exact) mass is 349 g/mol. The van der Waals surface area contributed by atoms with Gasteiger partial charge < -0.3 is 4.90 Å². The second-order valence-electron chi connectivity index (χ2n) is 5.74. The quantitative estimate of drug-likeness (QED) is 0.900. The van der Waals surface area contributed by atoms with Crippen molar-refractivity contribution in [3.63, 3.8) is 0 Å². The third-order valence-corrected chi connectivity index (χ3v) is 4.13. The van der Waals surface area contributed by atoms with E-state index in [2.05, 4.69) is 4.98 Å². The van der Waals surface area contributed by atoms with E-state index < -0.39 is 10.0 Å². The highest BCUT2D eigenvalue weighted by Crippen LogP contribution is 2.30. The number of pyridine rings is 1. The zero-order valence-corrected chi connectivity index (χ0v) is 14.6. The van der Waals surface area contributed by atoms with Crippen LogP contribution in [0.5, 0.6) is 0 Å². The van der Waals surface area contributed by atoms with Crippen molar-refractivity contribution in [2.75, 3.05) is 11.9 Å². The number of halogens is 1. The molecule has 0 radical (unpaired) electrons. The van der Waals surface area contributed by atoms with Gasteiger partial charge in [-0.05, 0) is 55.8 Å². The van der Waals surface area contributed by atoms with Gasteiger partial charge in [-0.15, -0.1) is 0 Å². The lowest BCUT2D eigenvalue weighted by Gasteiger charge is -2.26. The van der Waals surface area contributed by atoms with Gasteiger partial charge >= 0.3 is 0 Å². The Balaban J connectivity index is 2.54. The first-order valence-corrected chi connectivity index (χ1v) is 8.98. The Hall–Kier alpha value is -2.25. The molecular formula is C17H20FN3O2S. The number of primary sulfonamides is 1. The molecule has 128 valence electrons. The maximum Gasteiger partial charge on any atom is 0.231 e. The van der Waals surface area contributed by atoms with Crippen LogP contribution in [0.3, 0.4) is 0 Å². The molecule has 2 aromatic rings. The van der Waals surface area contributed by atoms with Gasteiger partial charge in [0.15, 0.2) is 0 Å². The van der Waals surface area contributed by atoms with Crippen LogP contribution in [-0.2, 0) is 10.0 Å². The fraction of sp³-hybridized carbons (Fsp3) is 0.235. The molecule has 0 bridgehead atoms. The lowest BCUT2D eigenvalue weighted by molar-refractivity contribution is 0.606. The minimum absolute atomic E-state index is 0.198. The third-order valence-electron chi connectivity index (χ3n) is 3.61. The molecule has 0 unspecified atom stereocenters. The Morgan fingerprint density at radius 3 is 2.42 bits per heavy atom. The molecule has 1 aromatic carbocycles. The minimum Gasteiger partial charge on any atom is -0.370 e. The van der Waals surface area contributed by atoms with Gasteiger partial charge in [-0.2, -0.15) is 0 Å². The van der Waals surface area contributed by atoms with Crippen LogP contribution in [0.1, 0.15) is 19.4 Å². The normalized spacial score (nSPS) is 12.1. The molecule has 0 fully saturated rings. The summed E-state index contributed by atoms with van der Waals surface area (Å²) in [4.78, 5) is 6.45. The zero-order valence-electron chi connectivity index (χ0n) is 13.8. The third kappa shape index (κ3) is 4.62. The first kappa shape index (κ1) is 18.1. The van der Waals surface area contributed by atoms with Crippen LogP contribution in [0.4, 0.5) is 10.1 Å². The van der Waals surface area contributed by atoms with E-state index >= 15 is 0 Å². The summed E-state index contributed by atoms with van der Waals surface area (Å²) in [6.45, 7) is 4.06. The van der Waals surface area contributed by atoms with Crippen molar-refractivity contribution in [2.24, 2.45) is 5.14 Å². The standard InChI is InChI=1S/C17H20FN3O2S/c1-12(2)21(3)16-10-13(8-9-24(19,22)23)11-20-17(16)14-4-6-15(18)7-5-14/h4-12H,1-3H3,(H2,19,22,23). The molecular weight excluding hydrogens is 329 g/mol. The van der Waals surface area contributed by atoms with E-state index in [1.54, 1.807) is 18.3 Å². The Labute approximate surface area is 141 Å². The van der Waals surface area contributed by atoms with Gasteiger partial charge in [0.25, 0.3) is 0 Å². The van der Waals surface area contributed by atoms with Crippen LogP contribution in [0.25, 0.3) is 17.3 Å². The summed E-state index contributed by atoms with van der Waals surface area (Å²) in [5.74, 6) is -0.315. The lowest BCUT2D eigenvalue weighted by Crippen LogP contribution is -2.26. The summed E-state index contributed by atoms with van der Waals surface area (Å²) in [5.41, 5.74) is 2.89. The molecule has 0 aliphatic rings. The summed E-state index contributed by atoms with van der Waals surface area (Å²) < 4.78 is 35.3.